The van der Waals surface area contributed by atoms with Gasteiger partial charge in [-0.2, -0.15) is 0 Å². The van der Waals surface area contributed by atoms with Gasteiger partial charge in [-0.1, -0.05) is 30.3 Å². The highest BCUT2D eigenvalue weighted by molar-refractivity contribution is 5.87. The highest BCUT2D eigenvalue weighted by Crippen LogP contribution is 2.29. The Morgan fingerprint density at radius 1 is 1.20 bits per heavy atom. The Kier molecular flexibility index (Phi) is 6.44. The standard InChI is InChI=1S/C24H26N2O4/c1-28-22-13-17(9-10-21(22)30-16-20-8-4-12-29-20)15-26-23(27)14-19-6-2-5-18-7-3-11-25-24(18)19/h2-3,5-7,9-11,13,20H,4,8,12,14-16H2,1H3,(H,26,27)/t20-/m1/s1. The zero-order valence-electron chi connectivity index (χ0n) is 17.1. The molecule has 1 amide bonds. The van der Waals surface area contributed by atoms with Crippen LogP contribution < -0.4 is 14.8 Å². The van der Waals surface area contributed by atoms with Gasteiger partial charge in [0.1, 0.15) is 6.61 Å². The highest BCUT2D eigenvalue weighted by Gasteiger charge is 2.17. The van der Waals surface area contributed by atoms with Crippen molar-refractivity contribution in [1.82, 2.24) is 10.3 Å². The van der Waals surface area contributed by atoms with E-state index in [1.807, 2.05) is 48.5 Å². The molecule has 1 fully saturated rings. The van der Waals surface area contributed by atoms with Crippen LogP contribution in [0.5, 0.6) is 11.5 Å². The molecule has 1 aliphatic heterocycles. The second-order valence-electron chi connectivity index (χ2n) is 7.38. The van der Waals surface area contributed by atoms with Crippen LogP contribution in [0.2, 0.25) is 0 Å². The summed E-state index contributed by atoms with van der Waals surface area (Å²) in [7, 11) is 1.62. The summed E-state index contributed by atoms with van der Waals surface area (Å²) in [6.45, 7) is 1.74. The van der Waals surface area contributed by atoms with E-state index in [0.29, 0.717) is 24.7 Å². The number of fused-ring (bicyclic) bond motifs is 1. The maximum Gasteiger partial charge on any atom is 0.224 e. The lowest BCUT2D eigenvalue weighted by Gasteiger charge is -2.15. The Morgan fingerprint density at radius 3 is 2.93 bits per heavy atom. The van der Waals surface area contributed by atoms with Gasteiger partial charge in [0.05, 0.1) is 25.2 Å². The summed E-state index contributed by atoms with van der Waals surface area (Å²) in [4.78, 5) is 16.9. The minimum absolute atomic E-state index is 0.0502. The van der Waals surface area contributed by atoms with Gasteiger partial charge < -0.3 is 19.5 Å². The van der Waals surface area contributed by atoms with E-state index in [1.54, 1.807) is 13.3 Å². The third kappa shape index (κ3) is 4.89. The Labute approximate surface area is 176 Å². The molecule has 0 saturated carbocycles. The van der Waals surface area contributed by atoms with Gasteiger partial charge in [-0.25, -0.2) is 0 Å². The Hall–Kier alpha value is -3.12. The first-order chi connectivity index (χ1) is 14.7. The summed E-state index contributed by atoms with van der Waals surface area (Å²) in [5.74, 6) is 1.29. The summed E-state index contributed by atoms with van der Waals surface area (Å²) in [6, 6.07) is 15.5. The van der Waals surface area contributed by atoms with Crippen LogP contribution >= 0.6 is 0 Å². The minimum atomic E-state index is -0.0502. The van der Waals surface area contributed by atoms with Crippen molar-refractivity contribution in [1.29, 1.82) is 0 Å². The molecule has 6 heteroatoms. The lowest BCUT2D eigenvalue weighted by atomic mass is 10.1. The minimum Gasteiger partial charge on any atom is -0.493 e. The van der Waals surface area contributed by atoms with E-state index in [1.165, 1.54) is 0 Å². The second-order valence-corrected chi connectivity index (χ2v) is 7.38. The topological polar surface area (TPSA) is 69.7 Å². The van der Waals surface area contributed by atoms with Crippen LogP contribution in [0, 0.1) is 0 Å². The first-order valence-corrected chi connectivity index (χ1v) is 10.2. The van der Waals surface area contributed by atoms with Crippen LogP contribution in [0.1, 0.15) is 24.0 Å². The monoisotopic (exact) mass is 406 g/mol. The van der Waals surface area contributed by atoms with Gasteiger partial charge in [-0.05, 0) is 42.2 Å². The molecule has 3 aromatic rings. The average Bonchev–Trinajstić information content (AvgIpc) is 3.30. The highest BCUT2D eigenvalue weighted by atomic mass is 16.5. The molecule has 1 aromatic heterocycles. The van der Waals surface area contributed by atoms with Crippen LogP contribution in [0.15, 0.2) is 54.7 Å². The van der Waals surface area contributed by atoms with Crippen molar-refractivity contribution in [3.63, 3.8) is 0 Å². The van der Waals surface area contributed by atoms with Crippen molar-refractivity contribution in [2.24, 2.45) is 0 Å². The SMILES string of the molecule is COc1cc(CNC(=O)Cc2cccc3cccnc23)ccc1OC[C@H]1CCCO1. The number of carbonyl (C=O) groups is 1. The zero-order chi connectivity index (χ0) is 20.8. The van der Waals surface area contributed by atoms with Gasteiger partial charge in [-0.15, -0.1) is 0 Å². The largest absolute Gasteiger partial charge is 0.493 e. The molecule has 1 N–H and O–H groups in total. The zero-order valence-corrected chi connectivity index (χ0v) is 17.1. The summed E-state index contributed by atoms with van der Waals surface area (Å²) in [5.41, 5.74) is 2.73. The fourth-order valence-electron chi connectivity index (χ4n) is 3.65. The van der Waals surface area contributed by atoms with Gasteiger partial charge >= 0.3 is 0 Å². The van der Waals surface area contributed by atoms with Crippen molar-refractivity contribution < 1.29 is 19.0 Å². The molecular weight excluding hydrogens is 380 g/mol. The number of nitrogens with zero attached hydrogens (tertiary/aromatic N) is 1. The molecule has 0 radical (unpaired) electrons. The average molecular weight is 406 g/mol. The van der Waals surface area contributed by atoms with Gasteiger partial charge in [0.25, 0.3) is 0 Å². The molecule has 1 aliphatic rings. The molecule has 4 rings (SSSR count). The number of amides is 1. The molecule has 156 valence electrons. The van der Waals surface area contributed by atoms with Crippen molar-refractivity contribution >= 4 is 16.8 Å². The summed E-state index contributed by atoms with van der Waals surface area (Å²) < 4.78 is 16.9. The molecule has 2 aromatic carbocycles. The van der Waals surface area contributed by atoms with Crippen molar-refractivity contribution in [3.05, 3.63) is 65.9 Å². The Morgan fingerprint density at radius 2 is 2.10 bits per heavy atom. The van der Waals surface area contributed by atoms with Crippen LogP contribution in [0.3, 0.4) is 0 Å². The third-order valence-corrected chi connectivity index (χ3v) is 5.23. The van der Waals surface area contributed by atoms with E-state index in [2.05, 4.69) is 10.3 Å². The number of hydrogen-bond acceptors (Lipinski definition) is 5. The van der Waals surface area contributed by atoms with E-state index in [0.717, 1.165) is 41.5 Å². The van der Waals surface area contributed by atoms with Gasteiger partial charge in [0, 0.05) is 24.7 Å². The molecule has 30 heavy (non-hydrogen) atoms. The van der Waals surface area contributed by atoms with Crippen LogP contribution in [-0.4, -0.2) is 37.3 Å². The third-order valence-electron chi connectivity index (χ3n) is 5.23. The smallest absolute Gasteiger partial charge is 0.224 e. The van der Waals surface area contributed by atoms with E-state index in [4.69, 9.17) is 14.2 Å². The number of benzene rings is 2. The normalized spacial score (nSPS) is 15.8. The Bertz CT molecular complexity index is 1010. The van der Waals surface area contributed by atoms with Gasteiger partial charge in [-0.3, -0.25) is 9.78 Å². The molecule has 0 bridgehead atoms. The maximum atomic E-state index is 12.5. The lowest BCUT2D eigenvalue weighted by Crippen LogP contribution is -2.24. The fourth-order valence-corrected chi connectivity index (χ4v) is 3.65. The van der Waals surface area contributed by atoms with Gasteiger partial charge in [0.15, 0.2) is 11.5 Å². The molecule has 0 unspecified atom stereocenters. The van der Waals surface area contributed by atoms with Gasteiger partial charge in [0.2, 0.25) is 5.91 Å². The fraction of sp³-hybridized carbons (Fsp3) is 0.333. The summed E-state index contributed by atoms with van der Waals surface area (Å²) in [6.07, 6.45) is 4.29. The number of para-hydroxylation sites is 1. The molecule has 2 heterocycles. The van der Waals surface area contributed by atoms with E-state index in [-0.39, 0.29) is 18.4 Å². The summed E-state index contributed by atoms with van der Waals surface area (Å²) >= 11 is 0. The number of nitrogens with one attached hydrogen (secondary N) is 1. The van der Waals surface area contributed by atoms with Crippen molar-refractivity contribution in [2.75, 3.05) is 20.3 Å². The number of pyridine rings is 1. The number of ether oxygens (including phenoxy) is 3. The number of rotatable bonds is 8. The van der Waals surface area contributed by atoms with E-state index >= 15 is 0 Å². The van der Waals surface area contributed by atoms with Crippen LogP contribution in [0.25, 0.3) is 10.9 Å². The number of carbonyl (C=O) groups excluding carboxylic acids is 1. The second kappa shape index (κ2) is 9.59. The molecule has 1 saturated heterocycles. The predicted molar refractivity (Wildman–Crippen MR) is 115 cm³/mol. The maximum absolute atomic E-state index is 12.5. The van der Waals surface area contributed by atoms with Crippen LogP contribution in [-0.2, 0) is 22.5 Å². The molecule has 0 aliphatic carbocycles. The number of aromatic nitrogens is 1. The molecule has 0 spiro atoms. The van der Waals surface area contributed by atoms with Crippen LogP contribution in [0.4, 0.5) is 0 Å². The number of hydrogen-bond donors (Lipinski definition) is 1. The first-order valence-electron chi connectivity index (χ1n) is 10.2. The van der Waals surface area contributed by atoms with Crippen molar-refractivity contribution in [3.8, 4) is 11.5 Å². The Balaban J connectivity index is 1.35. The van der Waals surface area contributed by atoms with Crippen molar-refractivity contribution in [2.45, 2.75) is 31.9 Å². The summed E-state index contributed by atoms with van der Waals surface area (Å²) in [5, 5.41) is 4.01. The predicted octanol–water partition coefficient (Wildman–Crippen LogP) is 3.66. The lowest BCUT2D eigenvalue weighted by molar-refractivity contribution is -0.120. The molecular formula is C24H26N2O4. The molecule has 1 atom stereocenters. The van der Waals surface area contributed by atoms with E-state index < -0.39 is 0 Å². The molecule has 6 nitrogen and oxygen atoms in total. The number of methoxy groups -OCH3 is 1. The quantitative estimate of drug-likeness (QED) is 0.618. The van der Waals surface area contributed by atoms with E-state index in [9.17, 15) is 4.79 Å². The first kappa shape index (κ1) is 20.2.